The molecule has 0 saturated carbocycles. The molecule has 0 spiro atoms. The first-order chi connectivity index (χ1) is 6.61. The maximum Gasteiger partial charge on any atom is 0.274 e. The first-order valence-electron chi connectivity index (χ1n) is 4.73. The first kappa shape index (κ1) is 9.06. The summed E-state index contributed by atoms with van der Waals surface area (Å²) in [6, 6.07) is 0. The van der Waals surface area contributed by atoms with Crippen molar-refractivity contribution in [1.82, 2.24) is 9.36 Å². The fourth-order valence-corrected chi connectivity index (χ4v) is 1.67. The summed E-state index contributed by atoms with van der Waals surface area (Å²) < 4.78 is 3.49. The predicted molar refractivity (Wildman–Crippen MR) is 57.9 cm³/mol. The van der Waals surface area contributed by atoms with Crippen LogP contribution < -0.4 is 5.56 Å². The minimum atomic E-state index is 0.0671. The van der Waals surface area contributed by atoms with Crippen molar-refractivity contribution in [2.75, 3.05) is 0 Å². The topological polar surface area (TPSA) is 26.9 Å². The molecule has 14 heavy (non-hydrogen) atoms. The molecule has 0 N–H and O–H groups in total. The standard InChI is InChI=1S/C11H14N2O/c1-8-4-6-9-10(7-5-8)12(2)13(3)11(9)14/h4-8H,1-3H3. The predicted octanol–water partition coefficient (Wildman–Crippen LogP) is 1.40. The molecule has 1 aromatic rings. The van der Waals surface area contributed by atoms with Gasteiger partial charge in [0, 0.05) is 14.1 Å². The van der Waals surface area contributed by atoms with Crippen LogP contribution in [0.5, 0.6) is 0 Å². The second-order valence-corrected chi connectivity index (χ2v) is 3.73. The van der Waals surface area contributed by atoms with Crippen molar-refractivity contribution in [2.45, 2.75) is 6.92 Å². The molecule has 3 heteroatoms. The summed E-state index contributed by atoms with van der Waals surface area (Å²) in [5.74, 6) is 0.395. The van der Waals surface area contributed by atoms with Crippen molar-refractivity contribution in [1.29, 1.82) is 0 Å². The van der Waals surface area contributed by atoms with E-state index in [0.717, 1.165) is 11.3 Å². The highest BCUT2D eigenvalue weighted by atomic mass is 16.1. The Labute approximate surface area is 82.9 Å². The van der Waals surface area contributed by atoms with Crippen molar-refractivity contribution in [3.05, 3.63) is 33.8 Å². The summed E-state index contributed by atoms with van der Waals surface area (Å²) in [6.45, 7) is 2.10. The zero-order valence-corrected chi connectivity index (χ0v) is 8.69. The molecule has 0 amide bonds. The Morgan fingerprint density at radius 2 is 1.79 bits per heavy atom. The summed E-state index contributed by atoms with van der Waals surface area (Å²) in [5, 5.41) is 0. The monoisotopic (exact) mass is 190 g/mol. The van der Waals surface area contributed by atoms with Crippen molar-refractivity contribution in [3.63, 3.8) is 0 Å². The van der Waals surface area contributed by atoms with Crippen LogP contribution in [-0.4, -0.2) is 9.36 Å². The molecule has 0 radical (unpaired) electrons. The fourth-order valence-electron chi connectivity index (χ4n) is 1.67. The van der Waals surface area contributed by atoms with Gasteiger partial charge in [-0.05, 0) is 12.0 Å². The van der Waals surface area contributed by atoms with Gasteiger partial charge in [-0.3, -0.25) is 14.2 Å². The number of hydrogen-bond donors (Lipinski definition) is 0. The second-order valence-electron chi connectivity index (χ2n) is 3.73. The smallest absolute Gasteiger partial charge is 0.274 e. The van der Waals surface area contributed by atoms with Crippen molar-refractivity contribution in [2.24, 2.45) is 20.0 Å². The Balaban J connectivity index is 2.74. The van der Waals surface area contributed by atoms with Crippen LogP contribution in [0, 0.1) is 5.92 Å². The number of nitrogens with zero attached hydrogens (tertiary/aromatic N) is 2. The van der Waals surface area contributed by atoms with Gasteiger partial charge in [0.15, 0.2) is 0 Å². The average molecular weight is 190 g/mol. The van der Waals surface area contributed by atoms with E-state index in [0.29, 0.717) is 5.92 Å². The Morgan fingerprint density at radius 3 is 2.50 bits per heavy atom. The van der Waals surface area contributed by atoms with Crippen LogP contribution in [0.1, 0.15) is 18.2 Å². The molecule has 1 aliphatic carbocycles. The lowest BCUT2D eigenvalue weighted by Gasteiger charge is -2.01. The van der Waals surface area contributed by atoms with Gasteiger partial charge < -0.3 is 0 Å². The van der Waals surface area contributed by atoms with Crippen LogP contribution in [0.3, 0.4) is 0 Å². The molecular weight excluding hydrogens is 176 g/mol. The number of aromatic nitrogens is 2. The summed E-state index contributed by atoms with van der Waals surface area (Å²) in [6.07, 6.45) is 8.08. The van der Waals surface area contributed by atoms with Crippen LogP contribution in [0.2, 0.25) is 0 Å². The van der Waals surface area contributed by atoms with Crippen LogP contribution in [0.4, 0.5) is 0 Å². The van der Waals surface area contributed by atoms with E-state index in [9.17, 15) is 4.79 Å². The third kappa shape index (κ3) is 1.16. The van der Waals surface area contributed by atoms with Gasteiger partial charge in [0.25, 0.3) is 5.56 Å². The third-order valence-electron chi connectivity index (χ3n) is 2.72. The Hall–Kier alpha value is -1.51. The average Bonchev–Trinajstić information content (AvgIpc) is 2.34. The Morgan fingerprint density at radius 1 is 1.14 bits per heavy atom. The van der Waals surface area contributed by atoms with Crippen LogP contribution in [0.15, 0.2) is 16.9 Å². The quantitative estimate of drug-likeness (QED) is 0.607. The van der Waals surface area contributed by atoms with Gasteiger partial charge in [-0.2, -0.15) is 0 Å². The van der Waals surface area contributed by atoms with E-state index in [2.05, 4.69) is 13.0 Å². The summed E-state index contributed by atoms with van der Waals surface area (Å²) in [5.41, 5.74) is 1.84. The zero-order chi connectivity index (χ0) is 10.3. The normalized spacial score (nSPS) is 19.5. The second kappa shape index (κ2) is 3.01. The van der Waals surface area contributed by atoms with Crippen molar-refractivity contribution >= 4 is 12.2 Å². The lowest BCUT2D eigenvalue weighted by atomic mass is 10.1. The Bertz CT molecular complexity index is 474. The maximum atomic E-state index is 11.8. The van der Waals surface area contributed by atoms with Crippen LogP contribution in [0.25, 0.3) is 12.2 Å². The van der Waals surface area contributed by atoms with E-state index in [-0.39, 0.29) is 5.56 Å². The molecule has 0 aliphatic heterocycles. The molecule has 74 valence electrons. The molecule has 0 saturated heterocycles. The first-order valence-corrected chi connectivity index (χ1v) is 4.73. The largest absolute Gasteiger partial charge is 0.285 e. The highest BCUT2D eigenvalue weighted by molar-refractivity contribution is 5.65. The molecule has 1 aromatic heterocycles. The van der Waals surface area contributed by atoms with Gasteiger partial charge in [-0.15, -0.1) is 0 Å². The highest BCUT2D eigenvalue weighted by Gasteiger charge is 2.13. The molecular formula is C11H14N2O. The molecule has 1 heterocycles. The van der Waals surface area contributed by atoms with E-state index < -0.39 is 0 Å². The molecule has 1 unspecified atom stereocenters. The van der Waals surface area contributed by atoms with Crippen molar-refractivity contribution < 1.29 is 0 Å². The van der Waals surface area contributed by atoms with Gasteiger partial charge in [-0.25, -0.2) is 0 Å². The van der Waals surface area contributed by atoms with E-state index in [1.165, 1.54) is 0 Å². The molecule has 0 fully saturated rings. The van der Waals surface area contributed by atoms with Gasteiger partial charge >= 0.3 is 0 Å². The van der Waals surface area contributed by atoms with Gasteiger partial charge in [0.2, 0.25) is 0 Å². The van der Waals surface area contributed by atoms with E-state index in [1.54, 1.807) is 11.7 Å². The molecule has 0 aromatic carbocycles. The van der Waals surface area contributed by atoms with Crippen molar-refractivity contribution in [3.8, 4) is 0 Å². The van der Waals surface area contributed by atoms with E-state index >= 15 is 0 Å². The van der Waals surface area contributed by atoms with E-state index in [1.807, 2.05) is 30.0 Å². The van der Waals surface area contributed by atoms with Crippen LogP contribution in [-0.2, 0) is 14.1 Å². The maximum absolute atomic E-state index is 11.8. The highest BCUT2D eigenvalue weighted by Crippen LogP contribution is 2.16. The number of fused-ring (bicyclic) bond motifs is 1. The molecule has 2 rings (SSSR count). The lowest BCUT2D eigenvalue weighted by molar-refractivity contribution is 0.575. The number of hydrogen-bond acceptors (Lipinski definition) is 1. The lowest BCUT2D eigenvalue weighted by Crippen LogP contribution is -2.17. The zero-order valence-electron chi connectivity index (χ0n) is 8.69. The minimum absolute atomic E-state index is 0.0671. The molecule has 3 nitrogen and oxygen atoms in total. The fraction of sp³-hybridized carbons (Fsp3) is 0.364. The summed E-state index contributed by atoms with van der Waals surface area (Å²) in [4.78, 5) is 11.8. The SMILES string of the molecule is CC1C=Cc2c(n(C)n(C)c2=O)C=C1. The van der Waals surface area contributed by atoms with Gasteiger partial charge in [0.05, 0.1) is 11.3 Å². The number of rotatable bonds is 0. The molecule has 0 bridgehead atoms. The summed E-state index contributed by atoms with van der Waals surface area (Å²) >= 11 is 0. The van der Waals surface area contributed by atoms with Crippen LogP contribution >= 0.6 is 0 Å². The number of allylic oxidation sites excluding steroid dienone is 2. The summed E-state index contributed by atoms with van der Waals surface area (Å²) in [7, 11) is 3.68. The van der Waals surface area contributed by atoms with Gasteiger partial charge in [-0.1, -0.05) is 25.2 Å². The molecule has 1 atom stereocenters. The minimum Gasteiger partial charge on any atom is -0.285 e. The van der Waals surface area contributed by atoms with Gasteiger partial charge in [0.1, 0.15) is 0 Å². The van der Waals surface area contributed by atoms with E-state index in [4.69, 9.17) is 0 Å². The third-order valence-corrected chi connectivity index (χ3v) is 2.72. The Kier molecular flexibility index (Phi) is 1.95. The molecule has 1 aliphatic rings.